The molecule has 24 heavy (non-hydrogen) atoms. The zero-order valence-electron chi connectivity index (χ0n) is 12.4. The van der Waals surface area contributed by atoms with Gasteiger partial charge in [0.25, 0.3) is 5.91 Å². The highest BCUT2D eigenvalue weighted by Gasteiger charge is 2.17. The van der Waals surface area contributed by atoms with Crippen molar-refractivity contribution in [2.24, 2.45) is 7.05 Å². The summed E-state index contributed by atoms with van der Waals surface area (Å²) in [4.78, 5) is 28.0. The number of aromatic carboxylic acids is 1. The first-order valence-corrected chi connectivity index (χ1v) is 7.57. The van der Waals surface area contributed by atoms with E-state index in [-0.39, 0.29) is 16.1 Å². The molecule has 6 nitrogen and oxygen atoms in total. The van der Waals surface area contributed by atoms with E-state index in [9.17, 15) is 14.7 Å². The van der Waals surface area contributed by atoms with Gasteiger partial charge in [-0.2, -0.15) is 0 Å². The van der Waals surface area contributed by atoms with Gasteiger partial charge in [-0.15, -0.1) is 0 Å². The standard InChI is InChI=1S/C16H11Cl2N3O3/c1-21-7-19-13-6-9(5-11(14(13)21)16(23)24)20-15(22)10-3-2-8(17)4-12(10)18/h2-7H,1H3,(H,20,22)(H,23,24). The van der Waals surface area contributed by atoms with Gasteiger partial charge in [-0.25, -0.2) is 9.78 Å². The van der Waals surface area contributed by atoms with E-state index in [0.717, 1.165) is 0 Å². The Morgan fingerprint density at radius 2 is 1.92 bits per heavy atom. The molecule has 0 aliphatic rings. The van der Waals surface area contributed by atoms with Crippen molar-refractivity contribution in [3.63, 3.8) is 0 Å². The fourth-order valence-corrected chi connectivity index (χ4v) is 2.90. The number of aromatic nitrogens is 2. The van der Waals surface area contributed by atoms with Crippen LogP contribution in [-0.4, -0.2) is 26.5 Å². The van der Waals surface area contributed by atoms with Gasteiger partial charge in [0.1, 0.15) is 0 Å². The van der Waals surface area contributed by atoms with Crippen molar-refractivity contribution in [3.8, 4) is 0 Å². The summed E-state index contributed by atoms with van der Waals surface area (Å²) in [6.45, 7) is 0. The average Bonchev–Trinajstić information content (AvgIpc) is 2.87. The number of carbonyl (C=O) groups excluding carboxylic acids is 1. The number of carbonyl (C=O) groups is 2. The zero-order chi connectivity index (χ0) is 17.4. The van der Waals surface area contributed by atoms with E-state index < -0.39 is 11.9 Å². The summed E-state index contributed by atoms with van der Waals surface area (Å²) in [7, 11) is 1.70. The number of anilines is 1. The second-order valence-electron chi connectivity index (χ2n) is 5.13. The summed E-state index contributed by atoms with van der Waals surface area (Å²) < 4.78 is 1.61. The SMILES string of the molecule is Cn1cnc2cc(NC(=O)c3ccc(Cl)cc3Cl)cc(C(=O)O)c21. The lowest BCUT2D eigenvalue weighted by Gasteiger charge is -2.09. The van der Waals surface area contributed by atoms with Crippen LogP contribution < -0.4 is 5.32 Å². The van der Waals surface area contributed by atoms with Gasteiger partial charge in [0.2, 0.25) is 0 Å². The number of carboxylic acid groups (broad SMARTS) is 1. The third-order valence-electron chi connectivity index (χ3n) is 3.48. The number of nitrogens with zero attached hydrogens (tertiary/aromatic N) is 2. The number of halogens is 2. The van der Waals surface area contributed by atoms with Gasteiger partial charge in [-0.05, 0) is 30.3 Å². The Balaban J connectivity index is 2.01. The highest BCUT2D eigenvalue weighted by molar-refractivity contribution is 6.37. The molecule has 0 unspecified atom stereocenters. The van der Waals surface area contributed by atoms with Crippen LogP contribution in [0.3, 0.4) is 0 Å². The third kappa shape index (κ3) is 2.93. The quantitative estimate of drug-likeness (QED) is 0.740. The molecule has 0 bridgehead atoms. The minimum absolute atomic E-state index is 0.0463. The first-order chi connectivity index (χ1) is 11.4. The van der Waals surface area contributed by atoms with E-state index in [4.69, 9.17) is 23.2 Å². The van der Waals surface area contributed by atoms with E-state index in [1.165, 1.54) is 24.5 Å². The maximum absolute atomic E-state index is 12.4. The summed E-state index contributed by atoms with van der Waals surface area (Å²) in [5.74, 6) is -1.58. The van der Waals surface area contributed by atoms with Gasteiger partial charge in [0.15, 0.2) is 0 Å². The molecule has 0 aliphatic carbocycles. The number of carboxylic acids is 1. The van der Waals surface area contributed by atoms with Gasteiger partial charge in [-0.1, -0.05) is 23.2 Å². The number of hydrogen-bond donors (Lipinski definition) is 2. The molecule has 1 amide bonds. The highest BCUT2D eigenvalue weighted by Crippen LogP contribution is 2.25. The van der Waals surface area contributed by atoms with Gasteiger partial charge in [0.05, 0.1) is 33.5 Å². The number of hydrogen-bond acceptors (Lipinski definition) is 3. The van der Waals surface area contributed by atoms with Crippen LogP contribution in [0.15, 0.2) is 36.7 Å². The molecular formula is C16H11Cl2N3O3. The fourth-order valence-electron chi connectivity index (χ4n) is 2.40. The Morgan fingerprint density at radius 3 is 2.58 bits per heavy atom. The van der Waals surface area contributed by atoms with Gasteiger partial charge >= 0.3 is 5.97 Å². The molecule has 0 spiro atoms. The molecule has 2 N–H and O–H groups in total. The molecule has 0 radical (unpaired) electrons. The predicted molar refractivity (Wildman–Crippen MR) is 92.1 cm³/mol. The first kappa shape index (κ1) is 16.3. The van der Waals surface area contributed by atoms with Crippen LogP contribution in [0.25, 0.3) is 11.0 Å². The summed E-state index contributed by atoms with van der Waals surface area (Å²) >= 11 is 11.8. The Bertz CT molecular complexity index is 982. The Labute approximate surface area is 146 Å². The number of imidazole rings is 1. The number of benzene rings is 2. The van der Waals surface area contributed by atoms with Gasteiger partial charge in [-0.3, -0.25) is 4.79 Å². The fraction of sp³-hybridized carbons (Fsp3) is 0.0625. The summed E-state index contributed by atoms with van der Waals surface area (Å²) in [5.41, 5.74) is 1.54. The van der Waals surface area contributed by atoms with Crippen molar-refractivity contribution >= 4 is 51.8 Å². The zero-order valence-corrected chi connectivity index (χ0v) is 13.9. The Hall–Kier alpha value is -2.57. The van der Waals surface area contributed by atoms with Crippen LogP contribution in [0.1, 0.15) is 20.7 Å². The van der Waals surface area contributed by atoms with E-state index >= 15 is 0 Å². The minimum atomic E-state index is -1.11. The molecule has 0 saturated carbocycles. The summed E-state index contributed by atoms with van der Waals surface area (Å²) in [6, 6.07) is 7.49. The van der Waals surface area contributed by atoms with Crippen molar-refractivity contribution in [1.29, 1.82) is 0 Å². The smallest absolute Gasteiger partial charge is 0.337 e. The summed E-state index contributed by atoms with van der Waals surface area (Å²) in [5, 5.41) is 12.6. The van der Waals surface area contributed by atoms with Gasteiger partial charge in [0, 0.05) is 17.8 Å². The lowest BCUT2D eigenvalue weighted by molar-refractivity contribution is 0.0698. The Morgan fingerprint density at radius 1 is 1.17 bits per heavy atom. The molecule has 0 saturated heterocycles. The number of amides is 1. The lowest BCUT2D eigenvalue weighted by Crippen LogP contribution is -2.13. The van der Waals surface area contributed by atoms with E-state index in [1.807, 2.05) is 0 Å². The molecule has 0 fully saturated rings. The normalized spacial score (nSPS) is 10.8. The number of nitrogens with one attached hydrogen (secondary N) is 1. The van der Waals surface area contributed by atoms with Crippen LogP contribution in [0.2, 0.25) is 10.0 Å². The van der Waals surface area contributed by atoms with Crippen molar-refractivity contribution in [3.05, 3.63) is 57.8 Å². The van der Waals surface area contributed by atoms with Crippen LogP contribution in [0, 0.1) is 0 Å². The monoisotopic (exact) mass is 363 g/mol. The van der Waals surface area contributed by atoms with E-state index in [2.05, 4.69) is 10.3 Å². The number of rotatable bonds is 3. The van der Waals surface area contributed by atoms with E-state index in [0.29, 0.717) is 21.7 Å². The molecule has 0 aliphatic heterocycles. The molecule has 3 aromatic rings. The third-order valence-corrected chi connectivity index (χ3v) is 4.02. The maximum atomic E-state index is 12.4. The van der Waals surface area contributed by atoms with Crippen LogP contribution in [0.4, 0.5) is 5.69 Å². The maximum Gasteiger partial charge on any atom is 0.337 e. The van der Waals surface area contributed by atoms with Gasteiger partial charge < -0.3 is 15.0 Å². The molecule has 1 aromatic heterocycles. The van der Waals surface area contributed by atoms with Crippen LogP contribution in [-0.2, 0) is 7.05 Å². The van der Waals surface area contributed by atoms with E-state index in [1.54, 1.807) is 23.7 Å². The average molecular weight is 364 g/mol. The predicted octanol–water partition coefficient (Wildman–Crippen LogP) is 3.83. The molecular weight excluding hydrogens is 353 g/mol. The van der Waals surface area contributed by atoms with Crippen molar-refractivity contribution in [2.75, 3.05) is 5.32 Å². The molecule has 0 atom stereocenters. The largest absolute Gasteiger partial charge is 0.478 e. The first-order valence-electron chi connectivity index (χ1n) is 6.81. The molecule has 2 aromatic carbocycles. The molecule has 1 heterocycles. The van der Waals surface area contributed by atoms with Crippen molar-refractivity contribution in [1.82, 2.24) is 9.55 Å². The highest BCUT2D eigenvalue weighted by atomic mass is 35.5. The minimum Gasteiger partial charge on any atom is -0.478 e. The molecule has 8 heteroatoms. The van der Waals surface area contributed by atoms with Crippen LogP contribution in [0.5, 0.6) is 0 Å². The lowest BCUT2D eigenvalue weighted by atomic mass is 10.1. The second kappa shape index (κ2) is 6.14. The van der Waals surface area contributed by atoms with Crippen molar-refractivity contribution < 1.29 is 14.7 Å². The molecule has 3 rings (SSSR count). The topological polar surface area (TPSA) is 84.2 Å². The Kier molecular flexibility index (Phi) is 4.17. The number of fused-ring (bicyclic) bond motifs is 1. The van der Waals surface area contributed by atoms with Crippen LogP contribution >= 0.6 is 23.2 Å². The number of aryl methyl sites for hydroxylation is 1. The second-order valence-corrected chi connectivity index (χ2v) is 5.97. The van der Waals surface area contributed by atoms with Crippen molar-refractivity contribution in [2.45, 2.75) is 0 Å². The molecule has 122 valence electrons. The summed E-state index contributed by atoms with van der Waals surface area (Å²) in [6.07, 6.45) is 1.51.